The molecule has 2 aromatic carbocycles. The molecule has 0 saturated carbocycles. The molecule has 0 bridgehead atoms. The second-order valence-corrected chi connectivity index (χ2v) is 37.5. The monoisotopic (exact) mass is 1530 g/mol. The van der Waals surface area contributed by atoms with Crippen LogP contribution in [0.15, 0.2) is 60.7 Å². The van der Waals surface area contributed by atoms with Gasteiger partial charge < -0.3 is 78.3 Å². The molecule has 2 heterocycles. The Bertz CT molecular complexity index is 3130. The van der Waals surface area contributed by atoms with Crippen molar-refractivity contribution in [3.05, 3.63) is 71.8 Å². The molecule has 0 radical (unpaired) electrons. The van der Waals surface area contributed by atoms with Crippen molar-refractivity contribution in [2.45, 2.75) is 308 Å². The molecule has 9 N–H and O–H groups in total. The quantitative estimate of drug-likeness (QED) is 0.0155. The van der Waals surface area contributed by atoms with E-state index in [1.165, 1.54) is 23.6 Å². The van der Waals surface area contributed by atoms with Gasteiger partial charge in [0.2, 0.25) is 35.4 Å². The van der Waals surface area contributed by atoms with E-state index in [-0.39, 0.29) is 98.4 Å². The number of alkyl carbamates (subject to hydrolysis) is 1. The summed E-state index contributed by atoms with van der Waals surface area (Å²) in [5.74, 6) is -7.98. The molecule has 7 amide bonds. The fourth-order valence-corrected chi connectivity index (χ4v) is 13.6. The minimum absolute atomic E-state index is 0. The molecule has 0 aromatic heterocycles. The van der Waals surface area contributed by atoms with Gasteiger partial charge in [-0.05, 0) is 138 Å². The number of aliphatic hydroxyl groups is 1. The number of aliphatic hydroxyl groups excluding tert-OH is 1. The number of benzene rings is 2. The highest BCUT2D eigenvalue weighted by Gasteiger charge is 2.46. The first kappa shape index (κ1) is 97.2. The van der Waals surface area contributed by atoms with E-state index in [4.69, 9.17) is 18.6 Å². The van der Waals surface area contributed by atoms with E-state index in [1.807, 2.05) is 116 Å². The van der Waals surface area contributed by atoms with Crippen LogP contribution >= 0.6 is 0 Å². The minimum Gasteiger partial charge on any atom is -1.00 e. The van der Waals surface area contributed by atoms with Crippen molar-refractivity contribution in [1.82, 2.24) is 36.4 Å². The van der Waals surface area contributed by atoms with Crippen LogP contribution in [-0.4, -0.2) is 167 Å². The van der Waals surface area contributed by atoms with Gasteiger partial charge in [-0.25, -0.2) is 14.4 Å². The van der Waals surface area contributed by atoms with Crippen LogP contribution in [0.1, 0.15) is 221 Å². The second kappa shape index (κ2) is 45.2. The Balaban J connectivity index is 0.00000108. The van der Waals surface area contributed by atoms with Crippen molar-refractivity contribution in [3.8, 4) is 0 Å². The van der Waals surface area contributed by atoms with E-state index >= 15 is 0 Å². The van der Waals surface area contributed by atoms with Gasteiger partial charge in [-0.2, -0.15) is 0 Å². The molecule has 2 aliphatic rings. The number of nitrogens with zero attached hydrogens (tertiary/aromatic N) is 2. The predicted molar refractivity (Wildman–Crippen MR) is 409 cm³/mol. The molecule has 14 atom stereocenters. The summed E-state index contributed by atoms with van der Waals surface area (Å²) in [4.78, 5) is 152. The summed E-state index contributed by atoms with van der Waals surface area (Å²) in [7, 11) is -2.50. The Morgan fingerprint density at radius 1 is 0.566 bits per heavy atom. The average Bonchev–Trinajstić information content (AvgIpc) is 1.39. The summed E-state index contributed by atoms with van der Waals surface area (Å²) in [5, 5.41) is 24.5. The molecule has 106 heavy (non-hydrogen) atoms. The number of likely N-dealkylation sites (tertiary alicyclic amines) is 2. The number of amides is 7. The van der Waals surface area contributed by atoms with Crippen LogP contribution in [0, 0.1) is 47.3 Å². The van der Waals surface area contributed by atoms with Crippen molar-refractivity contribution in [2.75, 3.05) is 13.1 Å². The van der Waals surface area contributed by atoms with Gasteiger partial charge in [0.05, 0.1) is 48.9 Å². The zero-order valence-electron chi connectivity index (χ0n) is 67.1. The first-order valence-electron chi connectivity index (χ1n) is 37.8. The number of esters is 2. The summed E-state index contributed by atoms with van der Waals surface area (Å²) in [6, 6.07) is 12.2. The second-order valence-electron chi connectivity index (χ2n) is 32.8. The predicted octanol–water partition coefficient (Wildman–Crippen LogP) is 6.96. The number of Topliss-reactive ketones (excluding diaryl/α,β-unsaturated/α-hetero) is 2. The number of hydrogen-bond acceptors (Lipinski definition) is 16. The molecule has 0 spiro atoms. The number of ether oxygens (including phenoxy) is 3. The van der Waals surface area contributed by atoms with Crippen LogP contribution in [0.5, 0.6) is 0 Å². The van der Waals surface area contributed by atoms with Crippen LogP contribution in [-0.2, 0) is 79.8 Å². The molecule has 4 rings (SSSR count). The maximum Gasteiger partial charge on any atom is 0.407 e. The van der Waals surface area contributed by atoms with Gasteiger partial charge in [0, 0.05) is 19.0 Å². The third-order valence-corrected chi connectivity index (χ3v) is 24.7. The van der Waals surface area contributed by atoms with Crippen molar-refractivity contribution in [1.29, 1.82) is 0 Å². The van der Waals surface area contributed by atoms with Gasteiger partial charge in [-0.1, -0.05) is 178 Å². The zero-order valence-corrected chi connectivity index (χ0v) is 68.9. The van der Waals surface area contributed by atoms with Crippen LogP contribution in [0.4, 0.5) is 4.79 Å². The highest BCUT2D eigenvalue weighted by atomic mass is 35.5. The van der Waals surface area contributed by atoms with E-state index < -0.39 is 139 Å². The molecule has 0 aliphatic carbocycles. The van der Waals surface area contributed by atoms with Crippen molar-refractivity contribution in [3.63, 3.8) is 0 Å². The summed E-state index contributed by atoms with van der Waals surface area (Å²) in [6.07, 6.45) is 1.60. The molecule has 2 aliphatic heterocycles. The SMILES string of the molecule is C.CC[C@H](C)[C@@H](NC(=O)OC(C)(C)C)[C@H](CC(=O)N[C@H](C(=O)C(C)C(=O)N[C@@H](CC(C)C)C(=O)N1CCC[C@H]1C(=O)OCc1ccccc1)C(C)C)O[Si](C)(C)C(C)(C)C.CC[C@H](C)[C@@H]([NH3+])[C@@H](O)CC(=O)N[C@H](C(=O)C(C)C(=O)N[C@@H](CC(C)C)C(=O)N1CCC[C@H]1C(=O)OCc1ccccc1)C(C)C.[Cl-]. The number of halogens is 1. The summed E-state index contributed by atoms with van der Waals surface area (Å²) in [5.41, 5.74) is 4.92. The normalized spacial score (nSPS) is 18.0. The van der Waals surface area contributed by atoms with Crippen molar-refractivity contribution >= 4 is 73.4 Å². The number of quaternary nitrogens is 1. The highest BCUT2D eigenvalue weighted by molar-refractivity contribution is 6.74. The van der Waals surface area contributed by atoms with E-state index in [1.54, 1.807) is 48.5 Å². The molecule has 602 valence electrons. The van der Waals surface area contributed by atoms with Gasteiger partial charge in [0.15, 0.2) is 19.9 Å². The van der Waals surface area contributed by atoms with Gasteiger partial charge in [-0.3, -0.25) is 38.4 Å². The Morgan fingerprint density at radius 2 is 0.943 bits per heavy atom. The Kier molecular flexibility index (Phi) is 41.5. The number of ketones is 2. The highest BCUT2D eigenvalue weighted by Crippen LogP contribution is 2.39. The van der Waals surface area contributed by atoms with Crippen LogP contribution in [0.25, 0.3) is 0 Å². The maximum absolute atomic E-state index is 14.1. The van der Waals surface area contributed by atoms with E-state index in [0.717, 1.165) is 17.5 Å². The topological polar surface area (TPSA) is 339 Å². The molecule has 26 heteroatoms. The smallest absolute Gasteiger partial charge is 0.407 e. The number of carbonyl (C=O) groups excluding carboxylic acids is 11. The summed E-state index contributed by atoms with van der Waals surface area (Å²) >= 11 is 0. The Hall–Kier alpha value is -6.80. The van der Waals surface area contributed by atoms with Gasteiger partial charge in [0.1, 0.15) is 55.1 Å². The third kappa shape index (κ3) is 31.1. The largest absolute Gasteiger partial charge is 1.00 e. The Labute approximate surface area is 641 Å². The first-order valence-corrected chi connectivity index (χ1v) is 40.7. The van der Waals surface area contributed by atoms with Crippen molar-refractivity contribution in [2.24, 2.45) is 47.3 Å². The lowest BCUT2D eigenvalue weighted by Gasteiger charge is -2.43. The molecular formula is C80H135ClN8O16Si. The number of rotatable bonds is 37. The summed E-state index contributed by atoms with van der Waals surface area (Å²) < 4.78 is 23.6. The minimum atomic E-state index is -2.50. The molecule has 24 nitrogen and oxygen atoms in total. The van der Waals surface area contributed by atoms with E-state index in [0.29, 0.717) is 58.0 Å². The molecule has 2 fully saturated rings. The van der Waals surface area contributed by atoms with Crippen LogP contribution in [0.2, 0.25) is 18.1 Å². The zero-order chi connectivity index (χ0) is 78.9. The molecule has 2 unspecified atom stereocenters. The van der Waals surface area contributed by atoms with Gasteiger partial charge in [-0.15, -0.1) is 0 Å². The van der Waals surface area contributed by atoms with Crippen molar-refractivity contribution < 1.29 is 94.6 Å². The summed E-state index contributed by atoms with van der Waals surface area (Å²) in [6.45, 7) is 42.4. The lowest BCUT2D eigenvalue weighted by atomic mass is 9.90. The van der Waals surface area contributed by atoms with Gasteiger partial charge in [0.25, 0.3) is 0 Å². The first-order chi connectivity index (χ1) is 48.4. The maximum atomic E-state index is 14.1. The number of carbonyl (C=O) groups is 11. The molecule has 2 aromatic rings. The van der Waals surface area contributed by atoms with Gasteiger partial charge >= 0.3 is 18.0 Å². The lowest BCUT2D eigenvalue weighted by Crippen LogP contribution is -3.00. The third-order valence-electron chi connectivity index (χ3n) is 20.2. The van der Waals surface area contributed by atoms with E-state index in [9.17, 15) is 57.8 Å². The number of hydrogen-bond donors (Lipinski definition) is 7. The lowest BCUT2D eigenvalue weighted by molar-refractivity contribution is -0.449. The number of nitrogens with one attached hydrogen (secondary N) is 5. The fraction of sp³-hybridized carbons (Fsp3) is 0.713. The molecule has 2 saturated heterocycles. The molecular weight excluding hydrogens is 1390 g/mol. The standard InChI is InChI=1S/C45H76N4O9Si.C34H54N4O7.CH4.ClH/c1-16-30(6)38(48-43(55)57-44(8,9)10)35(58-59(14,15)45(11,12)13)26-36(50)47-37(29(4)5)39(51)31(7)40(52)46-33(25-28(2)3)41(53)49-24-20-23-34(49)42(54)56-27-32-21-18-17-19-22-32;1-8-22(6)29(35)27(39)18-28(40)37-30(21(4)5)31(41)23(7)32(42)36-25(17-20(2)3)33(43)38-16-12-15-26(38)34(44)45-19-24-13-10-9-11-14-24;;/h17-19,21-22,28-31,33-35,37-38H,16,20,23-27H2,1-15H3,(H,46,52)(H,47,50)(H,48,55);9-11,13-14,20-23,25-27,29-30,39H,8,12,15-19,35H2,1-7H3,(H,36,42)(H,37,40);1H4;1H/t30-,31?,33-,34-,35-,37-,38+;22-,23?,25-,26-,27-,29+,30-;;/m00../s1. The Morgan fingerprint density at radius 3 is 1.28 bits per heavy atom. The average molecular weight is 1530 g/mol. The fourth-order valence-electron chi connectivity index (χ4n) is 12.3. The van der Waals surface area contributed by atoms with Crippen LogP contribution in [0.3, 0.4) is 0 Å². The van der Waals surface area contributed by atoms with Crippen LogP contribution < -0.4 is 44.7 Å². The van der Waals surface area contributed by atoms with E-state index in [2.05, 4.69) is 66.2 Å².